The Morgan fingerprint density at radius 2 is 1.81 bits per heavy atom. The summed E-state index contributed by atoms with van der Waals surface area (Å²) in [5.74, 6) is 0.848. The summed E-state index contributed by atoms with van der Waals surface area (Å²) in [4.78, 5) is 36.1. The number of fused-ring (bicyclic) bond motifs is 2. The molecule has 2 atom stereocenters. The summed E-state index contributed by atoms with van der Waals surface area (Å²) in [5.41, 5.74) is 0.0292. The third kappa shape index (κ3) is 4.52. The average molecular weight is 426 g/mol. The Bertz CT molecular complexity index is 964. The zero-order chi connectivity index (χ0) is 22.2. The first-order chi connectivity index (χ1) is 14.7. The number of amides is 1. The molecule has 0 aliphatic carbocycles. The first kappa shape index (κ1) is 20.8. The highest BCUT2D eigenvalue weighted by molar-refractivity contribution is 5.70. The third-order valence-corrected chi connectivity index (χ3v) is 5.40. The Hall–Kier alpha value is -3.43. The molecule has 164 valence electrons. The molecule has 0 saturated carbocycles. The van der Waals surface area contributed by atoms with Gasteiger partial charge in [0.1, 0.15) is 11.4 Å². The van der Waals surface area contributed by atoms with Gasteiger partial charge in [-0.2, -0.15) is 0 Å². The van der Waals surface area contributed by atoms with Crippen molar-refractivity contribution in [2.45, 2.75) is 51.3 Å². The molecule has 1 amide bonds. The van der Waals surface area contributed by atoms with Crippen molar-refractivity contribution < 1.29 is 14.5 Å². The van der Waals surface area contributed by atoms with E-state index < -0.39 is 10.5 Å². The maximum absolute atomic E-state index is 12.5. The number of ether oxygens (including phenoxy) is 1. The van der Waals surface area contributed by atoms with E-state index in [-0.39, 0.29) is 29.7 Å². The van der Waals surface area contributed by atoms with Crippen molar-refractivity contribution in [3.05, 3.63) is 46.8 Å². The molecule has 0 radical (unpaired) electrons. The lowest BCUT2D eigenvalue weighted by Gasteiger charge is -2.42. The van der Waals surface area contributed by atoms with E-state index in [1.54, 1.807) is 35.5 Å². The number of nitrogens with one attached hydrogen (secondary N) is 1. The second-order valence-electron chi connectivity index (χ2n) is 8.83. The highest BCUT2D eigenvalue weighted by atomic mass is 16.6. The van der Waals surface area contributed by atoms with Crippen LogP contribution in [0.2, 0.25) is 0 Å². The molecule has 2 aromatic rings. The van der Waals surface area contributed by atoms with Crippen LogP contribution in [-0.2, 0) is 4.74 Å². The van der Waals surface area contributed by atoms with Crippen LogP contribution in [-0.4, -0.2) is 56.7 Å². The smallest absolute Gasteiger partial charge is 0.410 e. The topological polar surface area (TPSA) is 114 Å². The SMILES string of the molecule is CC(C)(C)OC(=O)N1C[C@H]2CC[C@@H](C1)N2c1ccc([N+](=O)[O-])c(Nc2ccncc2)n1. The van der Waals surface area contributed by atoms with Crippen LogP contribution in [0.15, 0.2) is 36.7 Å². The molecule has 10 heteroatoms. The van der Waals surface area contributed by atoms with Crippen molar-refractivity contribution in [3.63, 3.8) is 0 Å². The van der Waals surface area contributed by atoms with E-state index in [9.17, 15) is 14.9 Å². The Morgan fingerprint density at radius 3 is 2.39 bits per heavy atom. The number of likely N-dealkylation sites (tertiary alicyclic amines) is 1. The molecule has 2 aliphatic heterocycles. The number of hydrogen-bond donors (Lipinski definition) is 1. The molecule has 0 spiro atoms. The van der Waals surface area contributed by atoms with Gasteiger partial charge in [0.2, 0.25) is 5.82 Å². The molecule has 10 nitrogen and oxygen atoms in total. The van der Waals surface area contributed by atoms with Gasteiger partial charge in [-0.25, -0.2) is 9.78 Å². The van der Waals surface area contributed by atoms with Gasteiger partial charge < -0.3 is 19.9 Å². The summed E-state index contributed by atoms with van der Waals surface area (Å²) in [7, 11) is 0. The molecular formula is C21H26N6O4. The van der Waals surface area contributed by atoms with E-state index in [1.165, 1.54) is 6.07 Å². The maximum Gasteiger partial charge on any atom is 0.410 e. The summed E-state index contributed by atoms with van der Waals surface area (Å²) in [6.45, 7) is 6.64. The molecule has 2 saturated heterocycles. The molecule has 0 aromatic carbocycles. The fourth-order valence-electron chi connectivity index (χ4n) is 4.15. The van der Waals surface area contributed by atoms with Crippen molar-refractivity contribution in [3.8, 4) is 0 Å². The predicted molar refractivity (Wildman–Crippen MR) is 116 cm³/mol. The molecule has 31 heavy (non-hydrogen) atoms. The van der Waals surface area contributed by atoms with Crippen LogP contribution >= 0.6 is 0 Å². The van der Waals surface area contributed by atoms with E-state index >= 15 is 0 Å². The minimum atomic E-state index is -0.541. The van der Waals surface area contributed by atoms with E-state index in [2.05, 4.69) is 20.2 Å². The minimum absolute atomic E-state index is 0.0917. The number of carbonyl (C=O) groups is 1. The molecule has 1 N–H and O–H groups in total. The summed E-state index contributed by atoms with van der Waals surface area (Å²) in [5, 5.41) is 14.5. The number of anilines is 3. The standard InChI is InChI=1S/C21H26N6O4/c1-21(2,3)31-20(28)25-12-15-4-5-16(13-25)26(15)18-7-6-17(27(29)30)19(24-18)23-14-8-10-22-11-9-14/h6-11,15-16H,4-5,12-13H2,1-3H3,(H,22,23,24)/t15-,16+. The second-order valence-corrected chi connectivity index (χ2v) is 8.83. The molecule has 4 rings (SSSR count). The summed E-state index contributed by atoms with van der Waals surface area (Å²) in [6.07, 6.45) is 4.76. The van der Waals surface area contributed by atoms with Crippen molar-refractivity contribution in [1.82, 2.24) is 14.9 Å². The van der Waals surface area contributed by atoms with Gasteiger partial charge in [0, 0.05) is 49.3 Å². The van der Waals surface area contributed by atoms with Gasteiger partial charge in [-0.3, -0.25) is 15.1 Å². The maximum atomic E-state index is 12.5. The Balaban J connectivity index is 1.57. The van der Waals surface area contributed by atoms with Crippen LogP contribution in [0, 0.1) is 10.1 Å². The van der Waals surface area contributed by atoms with Crippen molar-refractivity contribution >= 4 is 29.1 Å². The van der Waals surface area contributed by atoms with Crippen LogP contribution in [0.4, 0.5) is 27.8 Å². The second kappa shape index (κ2) is 8.01. The number of piperazine rings is 1. The average Bonchev–Trinajstić information content (AvgIpc) is 2.96. The third-order valence-electron chi connectivity index (χ3n) is 5.40. The van der Waals surface area contributed by atoms with Crippen molar-refractivity contribution in [2.75, 3.05) is 23.3 Å². The fraction of sp³-hybridized carbons (Fsp3) is 0.476. The lowest BCUT2D eigenvalue weighted by atomic mass is 10.2. The van der Waals surface area contributed by atoms with E-state index in [0.29, 0.717) is 24.6 Å². The Kier molecular flexibility index (Phi) is 5.38. The largest absolute Gasteiger partial charge is 0.444 e. The van der Waals surface area contributed by atoms with Crippen LogP contribution in [0.3, 0.4) is 0 Å². The molecule has 4 heterocycles. The van der Waals surface area contributed by atoms with E-state index in [1.807, 2.05) is 20.8 Å². The summed E-state index contributed by atoms with van der Waals surface area (Å²) >= 11 is 0. The zero-order valence-corrected chi connectivity index (χ0v) is 17.8. The normalized spacial score (nSPS) is 20.5. The predicted octanol–water partition coefficient (Wildman–Crippen LogP) is 3.72. The van der Waals surface area contributed by atoms with Gasteiger partial charge in [0.15, 0.2) is 0 Å². The van der Waals surface area contributed by atoms with Crippen molar-refractivity contribution in [2.24, 2.45) is 0 Å². The number of nitro groups is 1. The van der Waals surface area contributed by atoms with Gasteiger partial charge >= 0.3 is 11.8 Å². The lowest BCUT2D eigenvalue weighted by molar-refractivity contribution is -0.384. The number of rotatable bonds is 4. The summed E-state index contributed by atoms with van der Waals surface area (Å²) < 4.78 is 5.53. The van der Waals surface area contributed by atoms with E-state index in [0.717, 1.165) is 12.8 Å². The van der Waals surface area contributed by atoms with Crippen LogP contribution in [0.25, 0.3) is 0 Å². The zero-order valence-electron chi connectivity index (χ0n) is 17.8. The van der Waals surface area contributed by atoms with Gasteiger partial charge in [-0.1, -0.05) is 0 Å². The highest BCUT2D eigenvalue weighted by Gasteiger charge is 2.43. The van der Waals surface area contributed by atoms with E-state index in [4.69, 9.17) is 4.74 Å². The molecule has 2 bridgehead atoms. The van der Waals surface area contributed by atoms with Crippen molar-refractivity contribution in [1.29, 1.82) is 0 Å². The van der Waals surface area contributed by atoms with Crippen LogP contribution < -0.4 is 10.2 Å². The Morgan fingerprint density at radius 1 is 1.16 bits per heavy atom. The Labute approximate surface area is 180 Å². The first-order valence-corrected chi connectivity index (χ1v) is 10.3. The monoisotopic (exact) mass is 426 g/mol. The number of pyridine rings is 2. The fourth-order valence-corrected chi connectivity index (χ4v) is 4.15. The molecule has 2 aliphatic rings. The quantitative estimate of drug-likeness (QED) is 0.581. The highest BCUT2D eigenvalue weighted by Crippen LogP contribution is 2.37. The minimum Gasteiger partial charge on any atom is -0.444 e. The number of hydrogen-bond acceptors (Lipinski definition) is 8. The van der Waals surface area contributed by atoms with Crippen LogP contribution in [0.1, 0.15) is 33.6 Å². The number of carbonyl (C=O) groups excluding carboxylic acids is 1. The van der Waals surface area contributed by atoms with Gasteiger partial charge in [-0.15, -0.1) is 0 Å². The van der Waals surface area contributed by atoms with Crippen LogP contribution in [0.5, 0.6) is 0 Å². The molecule has 2 fully saturated rings. The van der Waals surface area contributed by atoms with Gasteiger partial charge in [0.25, 0.3) is 0 Å². The number of aromatic nitrogens is 2. The first-order valence-electron chi connectivity index (χ1n) is 10.3. The summed E-state index contributed by atoms with van der Waals surface area (Å²) in [6, 6.07) is 6.79. The lowest BCUT2D eigenvalue weighted by Crippen LogP contribution is -2.56. The van der Waals surface area contributed by atoms with Gasteiger partial charge in [0.05, 0.1) is 4.92 Å². The molecule has 2 aromatic heterocycles. The number of nitrogens with zero attached hydrogens (tertiary/aromatic N) is 5. The molecule has 0 unspecified atom stereocenters. The van der Waals surface area contributed by atoms with Gasteiger partial charge in [-0.05, 0) is 51.8 Å². The molecular weight excluding hydrogens is 400 g/mol.